The number of hydrogen-bond acceptors (Lipinski definition) is 6. The van der Waals surface area contributed by atoms with E-state index in [2.05, 4.69) is 34.3 Å². The van der Waals surface area contributed by atoms with Gasteiger partial charge < -0.3 is 10.8 Å². The first-order valence-electron chi connectivity index (χ1n) is 8.77. The molecule has 1 aromatic heterocycles. The molecule has 2 heterocycles. The Morgan fingerprint density at radius 2 is 1.92 bits per heavy atom. The molecular formula is C18H26N4O3S. The van der Waals surface area contributed by atoms with Gasteiger partial charge in [-0.05, 0) is 30.2 Å². The van der Waals surface area contributed by atoms with Crippen LogP contribution in [0.5, 0.6) is 0 Å². The molecule has 0 fully saturated rings. The zero-order valence-electron chi connectivity index (χ0n) is 15.0. The minimum Gasteiger partial charge on any atom is -0.386 e. The number of hydrogen-bond donors (Lipinski definition) is 2. The number of nitrogens with zero attached hydrogens (tertiary/aromatic N) is 3. The van der Waals surface area contributed by atoms with Crippen LogP contribution in [0.1, 0.15) is 28.6 Å². The van der Waals surface area contributed by atoms with Crippen LogP contribution in [0.15, 0.2) is 30.3 Å². The topological polar surface area (TPSA) is 101 Å². The number of benzene rings is 1. The zero-order chi connectivity index (χ0) is 18.7. The van der Waals surface area contributed by atoms with Gasteiger partial charge in [-0.2, -0.15) is 5.10 Å². The van der Waals surface area contributed by atoms with Gasteiger partial charge in [0.15, 0.2) is 0 Å². The summed E-state index contributed by atoms with van der Waals surface area (Å²) in [6.45, 7) is 3.81. The standard InChI is InChI=1S/C18H26N4O3S/c1-26(24,25)13-18(23)17-10-16-12-21(8-9-22(16)20-17)11-15-4-2-14(3-5-15)6-7-19/h2-5,10,18,23H,6-9,11-13,19H2,1H3. The molecule has 142 valence electrons. The summed E-state index contributed by atoms with van der Waals surface area (Å²) >= 11 is 0. The lowest BCUT2D eigenvalue weighted by molar-refractivity contribution is 0.191. The second-order valence-electron chi connectivity index (χ2n) is 6.96. The number of sulfone groups is 1. The average molecular weight is 378 g/mol. The monoisotopic (exact) mass is 378 g/mol. The Labute approximate surface area is 154 Å². The smallest absolute Gasteiger partial charge is 0.150 e. The highest BCUT2D eigenvalue weighted by Crippen LogP contribution is 2.20. The zero-order valence-corrected chi connectivity index (χ0v) is 15.8. The van der Waals surface area contributed by atoms with Crippen LogP contribution < -0.4 is 5.73 Å². The average Bonchev–Trinajstić information content (AvgIpc) is 2.99. The predicted molar refractivity (Wildman–Crippen MR) is 100 cm³/mol. The van der Waals surface area contributed by atoms with Gasteiger partial charge in [-0.25, -0.2) is 8.42 Å². The summed E-state index contributed by atoms with van der Waals surface area (Å²) < 4.78 is 24.6. The highest BCUT2D eigenvalue weighted by Gasteiger charge is 2.23. The summed E-state index contributed by atoms with van der Waals surface area (Å²) in [6, 6.07) is 10.3. The molecule has 8 heteroatoms. The molecule has 0 aliphatic carbocycles. The SMILES string of the molecule is CS(=O)(=O)CC(O)c1cc2n(n1)CCN(Cc1ccc(CCN)cc1)C2. The summed E-state index contributed by atoms with van der Waals surface area (Å²) in [6.07, 6.45) is 0.931. The fourth-order valence-electron chi connectivity index (χ4n) is 3.25. The third kappa shape index (κ3) is 4.91. The van der Waals surface area contributed by atoms with Crippen LogP contribution in [0.3, 0.4) is 0 Å². The van der Waals surface area contributed by atoms with Crippen molar-refractivity contribution in [3.05, 3.63) is 52.8 Å². The quantitative estimate of drug-likeness (QED) is 0.727. The molecule has 0 saturated heterocycles. The summed E-state index contributed by atoms with van der Waals surface area (Å²) in [7, 11) is -3.25. The Hall–Kier alpha value is -1.74. The van der Waals surface area contributed by atoms with E-state index in [4.69, 9.17) is 5.73 Å². The first-order chi connectivity index (χ1) is 12.3. The summed E-state index contributed by atoms with van der Waals surface area (Å²) in [4.78, 5) is 2.32. The highest BCUT2D eigenvalue weighted by atomic mass is 32.2. The van der Waals surface area contributed by atoms with Crippen molar-refractivity contribution in [2.45, 2.75) is 32.2 Å². The molecule has 1 unspecified atom stereocenters. The minimum atomic E-state index is -3.25. The van der Waals surface area contributed by atoms with Crippen LogP contribution in [0.25, 0.3) is 0 Å². The normalized spacial score (nSPS) is 16.4. The fraction of sp³-hybridized carbons (Fsp3) is 0.500. The minimum absolute atomic E-state index is 0.303. The van der Waals surface area contributed by atoms with Crippen LogP contribution in [0, 0.1) is 0 Å². The third-order valence-corrected chi connectivity index (χ3v) is 5.48. The van der Waals surface area contributed by atoms with Crippen molar-refractivity contribution in [3.8, 4) is 0 Å². The number of aromatic nitrogens is 2. The molecule has 2 aromatic rings. The first-order valence-corrected chi connectivity index (χ1v) is 10.8. The van der Waals surface area contributed by atoms with E-state index in [0.29, 0.717) is 12.2 Å². The molecule has 26 heavy (non-hydrogen) atoms. The van der Waals surface area contributed by atoms with E-state index in [9.17, 15) is 13.5 Å². The van der Waals surface area contributed by atoms with Crippen molar-refractivity contribution < 1.29 is 13.5 Å². The molecule has 0 spiro atoms. The molecule has 1 aliphatic rings. The van der Waals surface area contributed by atoms with Crippen molar-refractivity contribution in [3.63, 3.8) is 0 Å². The molecule has 3 N–H and O–H groups in total. The van der Waals surface area contributed by atoms with Crippen molar-refractivity contribution in [2.24, 2.45) is 5.73 Å². The van der Waals surface area contributed by atoms with Gasteiger partial charge in [0, 0.05) is 25.9 Å². The molecule has 3 rings (SSSR count). The van der Waals surface area contributed by atoms with E-state index < -0.39 is 15.9 Å². The number of aliphatic hydroxyl groups excluding tert-OH is 1. The molecule has 0 radical (unpaired) electrons. The maximum absolute atomic E-state index is 11.4. The molecule has 1 atom stereocenters. The molecule has 7 nitrogen and oxygen atoms in total. The van der Waals surface area contributed by atoms with E-state index >= 15 is 0 Å². The van der Waals surface area contributed by atoms with Crippen LogP contribution in [0.4, 0.5) is 0 Å². The van der Waals surface area contributed by atoms with Gasteiger partial charge in [-0.1, -0.05) is 24.3 Å². The van der Waals surface area contributed by atoms with Gasteiger partial charge in [0.25, 0.3) is 0 Å². The fourth-order valence-corrected chi connectivity index (χ4v) is 3.99. The molecule has 1 aliphatic heterocycles. The van der Waals surface area contributed by atoms with Gasteiger partial charge >= 0.3 is 0 Å². The van der Waals surface area contributed by atoms with Crippen molar-refractivity contribution in [1.29, 1.82) is 0 Å². The summed E-state index contributed by atoms with van der Waals surface area (Å²) in [5, 5.41) is 14.5. The Bertz CT molecular complexity index is 846. The number of nitrogens with two attached hydrogens (primary N) is 1. The Kier molecular flexibility index (Phi) is 5.76. The van der Waals surface area contributed by atoms with Crippen LogP contribution in [-0.4, -0.2) is 53.3 Å². The number of rotatable bonds is 7. The third-order valence-electron chi connectivity index (χ3n) is 4.56. The predicted octanol–water partition coefficient (Wildman–Crippen LogP) is 0.478. The number of aliphatic hydroxyl groups is 1. The second kappa shape index (κ2) is 7.87. The lowest BCUT2D eigenvalue weighted by Crippen LogP contribution is -2.33. The first kappa shape index (κ1) is 19.0. The molecule has 0 saturated carbocycles. The van der Waals surface area contributed by atoms with E-state index in [-0.39, 0.29) is 5.75 Å². The molecule has 1 aromatic carbocycles. The maximum Gasteiger partial charge on any atom is 0.150 e. The largest absolute Gasteiger partial charge is 0.386 e. The van der Waals surface area contributed by atoms with Gasteiger partial charge in [0.05, 0.1) is 23.7 Å². The molecule has 0 bridgehead atoms. The summed E-state index contributed by atoms with van der Waals surface area (Å²) in [5.74, 6) is -0.303. The summed E-state index contributed by atoms with van der Waals surface area (Å²) in [5.41, 5.74) is 9.50. The van der Waals surface area contributed by atoms with Crippen LogP contribution >= 0.6 is 0 Å². The van der Waals surface area contributed by atoms with Crippen molar-refractivity contribution in [1.82, 2.24) is 14.7 Å². The van der Waals surface area contributed by atoms with Gasteiger partial charge in [-0.3, -0.25) is 9.58 Å². The van der Waals surface area contributed by atoms with E-state index in [0.717, 1.165) is 44.5 Å². The molecular weight excluding hydrogens is 352 g/mol. The van der Waals surface area contributed by atoms with Crippen molar-refractivity contribution >= 4 is 9.84 Å². The highest BCUT2D eigenvalue weighted by molar-refractivity contribution is 7.90. The van der Waals surface area contributed by atoms with Crippen LogP contribution in [0.2, 0.25) is 0 Å². The Balaban J connectivity index is 1.64. The lowest BCUT2D eigenvalue weighted by atomic mass is 10.1. The van der Waals surface area contributed by atoms with Crippen molar-refractivity contribution in [2.75, 3.05) is 25.1 Å². The maximum atomic E-state index is 11.4. The van der Waals surface area contributed by atoms with E-state index in [1.807, 2.05) is 10.7 Å². The van der Waals surface area contributed by atoms with Gasteiger partial charge in [0.2, 0.25) is 0 Å². The lowest BCUT2D eigenvalue weighted by Gasteiger charge is -2.27. The van der Waals surface area contributed by atoms with Crippen LogP contribution in [-0.2, 0) is 35.9 Å². The van der Waals surface area contributed by atoms with Gasteiger partial charge in [-0.15, -0.1) is 0 Å². The number of fused-ring (bicyclic) bond motifs is 1. The second-order valence-corrected chi connectivity index (χ2v) is 9.14. The van der Waals surface area contributed by atoms with Gasteiger partial charge in [0.1, 0.15) is 15.9 Å². The molecule has 0 amide bonds. The Morgan fingerprint density at radius 1 is 1.23 bits per heavy atom. The Morgan fingerprint density at radius 3 is 2.58 bits per heavy atom. The van der Waals surface area contributed by atoms with E-state index in [1.165, 1.54) is 11.1 Å². The van der Waals surface area contributed by atoms with E-state index in [1.54, 1.807) is 0 Å².